The number of hydrogen-bond acceptors (Lipinski definition) is 3. The molecule has 0 amide bonds. The lowest BCUT2D eigenvalue weighted by atomic mass is 10.0. The van der Waals surface area contributed by atoms with Gasteiger partial charge in [-0.2, -0.15) is 0 Å². The van der Waals surface area contributed by atoms with Gasteiger partial charge in [0.2, 0.25) is 0 Å². The Balaban J connectivity index is 1.77. The number of aliphatic imine (C=N–C) groups is 1. The monoisotopic (exact) mass is 423 g/mol. The van der Waals surface area contributed by atoms with Gasteiger partial charge >= 0.3 is 0 Å². The Morgan fingerprint density at radius 1 is 0.963 bits per heavy atom. The predicted molar refractivity (Wildman–Crippen MR) is 115 cm³/mol. The summed E-state index contributed by atoms with van der Waals surface area (Å²) >= 11 is 3.49. The molecular formula is C22H22BrN3O. The molecule has 1 heterocycles. The standard InChI is InChI=1S/C22H22BrN3O/c1-27-21-9-4-16-14-18(3-2-17(16)15-21)22(26-12-10-24-11-13-26)25-20-7-5-19(23)6-8-20/h2-9,14-15,24H,10-13H2,1H3. The van der Waals surface area contributed by atoms with Gasteiger partial charge in [0, 0.05) is 36.2 Å². The molecule has 0 atom stereocenters. The zero-order valence-corrected chi connectivity index (χ0v) is 16.9. The zero-order valence-electron chi connectivity index (χ0n) is 15.3. The van der Waals surface area contributed by atoms with E-state index in [2.05, 4.69) is 56.5 Å². The van der Waals surface area contributed by atoms with E-state index in [0.717, 1.165) is 53.5 Å². The van der Waals surface area contributed by atoms with Crippen molar-refractivity contribution in [2.24, 2.45) is 4.99 Å². The number of ether oxygens (including phenoxy) is 1. The number of piperazine rings is 1. The minimum Gasteiger partial charge on any atom is -0.497 e. The molecule has 5 heteroatoms. The molecule has 27 heavy (non-hydrogen) atoms. The van der Waals surface area contributed by atoms with Crippen molar-refractivity contribution in [3.63, 3.8) is 0 Å². The van der Waals surface area contributed by atoms with E-state index in [0.29, 0.717) is 0 Å². The topological polar surface area (TPSA) is 36.9 Å². The summed E-state index contributed by atoms with van der Waals surface area (Å²) in [7, 11) is 1.70. The van der Waals surface area contributed by atoms with E-state index in [9.17, 15) is 0 Å². The third-order valence-corrected chi connectivity index (χ3v) is 5.31. The van der Waals surface area contributed by atoms with Crippen molar-refractivity contribution < 1.29 is 4.74 Å². The van der Waals surface area contributed by atoms with Gasteiger partial charge in [0.25, 0.3) is 0 Å². The fourth-order valence-electron chi connectivity index (χ4n) is 3.32. The van der Waals surface area contributed by atoms with Crippen molar-refractivity contribution in [1.82, 2.24) is 10.2 Å². The van der Waals surface area contributed by atoms with Crippen molar-refractivity contribution in [3.8, 4) is 5.75 Å². The second-order valence-electron chi connectivity index (χ2n) is 6.58. The third kappa shape index (κ3) is 4.15. The molecule has 1 N–H and O–H groups in total. The molecule has 3 aromatic carbocycles. The Kier molecular flexibility index (Phi) is 5.41. The van der Waals surface area contributed by atoms with Gasteiger partial charge in [-0.25, -0.2) is 4.99 Å². The van der Waals surface area contributed by atoms with Crippen LogP contribution in [0.1, 0.15) is 5.56 Å². The molecule has 1 aliphatic heterocycles. The second kappa shape index (κ2) is 8.11. The summed E-state index contributed by atoms with van der Waals surface area (Å²) in [5.74, 6) is 1.90. The largest absolute Gasteiger partial charge is 0.497 e. The summed E-state index contributed by atoms with van der Waals surface area (Å²) in [6.45, 7) is 3.86. The number of methoxy groups -OCH3 is 1. The Labute approximate surface area is 168 Å². The van der Waals surface area contributed by atoms with Crippen molar-refractivity contribution in [2.75, 3.05) is 33.3 Å². The number of benzene rings is 3. The van der Waals surface area contributed by atoms with Gasteiger partial charge < -0.3 is 15.0 Å². The molecule has 0 radical (unpaired) electrons. The molecule has 4 rings (SSSR count). The number of amidine groups is 1. The van der Waals surface area contributed by atoms with Gasteiger partial charge in [-0.15, -0.1) is 0 Å². The Morgan fingerprint density at radius 2 is 1.67 bits per heavy atom. The smallest absolute Gasteiger partial charge is 0.136 e. The third-order valence-electron chi connectivity index (χ3n) is 4.78. The number of nitrogens with zero attached hydrogens (tertiary/aromatic N) is 2. The van der Waals surface area contributed by atoms with Crippen LogP contribution in [-0.4, -0.2) is 44.0 Å². The van der Waals surface area contributed by atoms with Crippen molar-refractivity contribution >= 4 is 38.2 Å². The van der Waals surface area contributed by atoms with Gasteiger partial charge in [0.1, 0.15) is 11.6 Å². The van der Waals surface area contributed by atoms with Crippen LogP contribution in [0.2, 0.25) is 0 Å². The maximum atomic E-state index is 5.34. The zero-order chi connectivity index (χ0) is 18.6. The molecule has 0 saturated carbocycles. The quantitative estimate of drug-likeness (QED) is 0.494. The van der Waals surface area contributed by atoms with Gasteiger partial charge in [0.15, 0.2) is 0 Å². The SMILES string of the molecule is COc1ccc2cc(C(=Nc3ccc(Br)cc3)N3CCNCC3)ccc2c1. The van der Waals surface area contributed by atoms with Crippen LogP contribution >= 0.6 is 15.9 Å². The number of fused-ring (bicyclic) bond motifs is 1. The van der Waals surface area contributed by atoms with Crippen LogP contribution in [0.4, 0.5) is 5.69 Å². The summed E-state index contributed by atoms with van der Waals surface area (Å²) in [4.78, 5) is 7.37. The highest BCUT2D eigenvalue weighted by molar-refractivity contribution is 9.10. The molecule has 0 aromatic heterocycles. The van der Waals surface area contributed by atoms with Crippen molar-refractivity contribution in [1.29, 1.82) is 0 Å². The van der Waals surface area contributed by atoms with Crippen molar-refractivity contribution in [3.05, 3.63) is 70.7 Å². The lowest BCUT2D eigenvalue weighted by molar-refractivity contribution is 0.358. The maximum absolute atomic E-state index is 5.34. The Bertz CT molecular complexity index is 963. The van der Waals surface area contributed by atoms with Crippen LogP contribution in [0.15, 0.2) is 70.1 Å². The van der Waals surface area contributed by atoms with Gasteiger partial charge in [-0.3, -0.25) is 0 Å². The highest BCUT2D eigenvalue weighted by atomic mass is 79.9. The number of nitrogens with one attached hydrogen (secondary N) is 1. The minimum atomic E-state index is 0.876. The molecule has 0 aliphatic carbocycles. The van der Waals surface area contributed by atoms with Gasteiger partial charge in [-0.05, 0) is 53.2 Å². The normalized spacial score (nSPS) is 15.2. The molecule has 0 unspecified atom stereocenters. The molecule has 0 bridgehead atoms. The molecule has 138 valence electrons. The van der Waals surface area contributed by atoms with Gasteiger partial charge in [-0.1, -0.05) is 34.1 Å². The lowest BCUT2D eigenvalue weighted by Gasteiger charge is -2.30. The summed E-state index contributed by atoms with van der Waals surface area (Å²) in [5.41, 5.74) is 2.10. The fourth-order valence-corrected chi connectivity index (χ4v) is 3.59. The van der Waals surface area contributed by atoms with Crippen LogP contribution in [0.3, 0.4) is 0 Å². The van der Waals surface area contributed by atoms with E-state index in [-0.39, 0.29) is 0 Å². The minimum absolute atomic E-state index is 0.876. The summed E-state index contributed by atoms with van der Waals surface area (Å²) < 4.78 is 6.40. The molecule has 4 nitrogen and oxygen atoms in total. The summed E-state index contributed by atoms with van der Waals surface area (Å²) in [5, 5.41) is 5.77. The second-order valence-corrected chi connectivity index (χ2v) is 7.49. The van der Waals surface area contributed by atoms with E-state index in [1.807, 2.05) is 30.3 Å². The number of hydrogen-bond donors (Lipinski definition) is 1. The van der Waals surface area contributed by atoms with E-state index >= 15 is 0 Å². The molecule has 3 aromatic rings. The van der Waals surface area contributed by atoms with Crippen molar-refractivity contribution in [2.45, 2.75) is 0 Å². The van der Waals surface area contributed by atoms with Gasteiger partial charge in [0.05, 0.1) is 12.8 Å². The Morgan fingerprint density at radius 3 is 2.41 bits per heavy atom. The first-order valence-electron chi connectivity index (χ1n) is 9.11. The van der Waals surface area contributed by atoms with E-state index < -0.39 is 0 Å². The first-order chi connectivity index (χ1) is 13.2. The summed E-state index contributed by atoms with van der Waals surface area (Å²) in [6.07, 6.45) is 0. The average Bonchev–Trinajstić information content (AvgIpc) is 2.73. The molecular weight excluding hydrogens is 402 g/mol. The highest BCUT2D eigenvalue weighted by Crippen LogP contribution is 2.24. The first kappa shape index (κ1) is 18.0. The maximum Gasteiger partial charge on any atom is 0.136 e. The Hall–Kier alpha value is -2.37. The van der Waals surface area contributed by atoms with Crippen LogP contribution in [0.25, 0.3) is 10.8 Å². The average molecular weight is 424 g/mol. The first-order valence-corrected chi connectivity index (χ1v) is 9.90. The predicted octanol–water partition coefficient (Wildman–Crippen LogP) is 4.59. The number of halogens is 1. The number of rotatable bonds is 3. The highest BCUT2D eigenvalue weighted by Gasteiger charge is 2.17. The fraction of sp³-hybridized carbons (Fsp3) is 0.227. The van der Waals surface area contributed by atoms with E-state index in [4.69, 9.17) is 9.73 Å². The van der Waals surface area contributed by atoms with Crippen LogP contribution in [0.5, 0.6) is 5.75 Å². The molecule has 1 fully saturated rings. The molecule has 0 spiro atoms. The lowest BCUT2D eigenvalue weighted by Crippen LogP contribution is -2.46. The van der Waals surface area contributed by atoms with Crippen LogP contribution in [0, 0.1) is 0 Å². The van der Waals surface area contributed by atoms with E-state index in [1.165, 1.54) is 10.8 Å². The van der Waals surface area contributed by atoms with Crippen LogP contribution in [-0.2, 0) is 0 Å². The van der Waals surface area contributed by atoms with E-state index in [1.54, 1.807) is 7.11 Å². The molecule has 1 saturated heterocycles. The summed E-state index contributed by atoms with van der Waals surface area (Å²) in [6, 6.07) is 20.8. The van der Waals surface area contributed by atoms with Crippen LogP contribution < -0.4 is 10.1 Å². The molecule has 1 aliphatic rings.